The lowest BCUT2D eigenvalue weighted by Crippen LogP contribution is -2.26. The predicted octanol–water partition coefficient (Wildman–Crippen LogP) is 3.29. The van der Waals surface area contributed by atoms with Crippen LogP contribution in [0.15, 0.2) is 18.2 Å². The molecule has 1 heterocycles. The molecule has 0 spiro atoms. The lowest BCUT2D eigenvalue weighted by atomic mass is 9.92. The second kappa shape index (κ2) is 5.37. The highest BCUT2D eigenvalue weighted by molar-refractivity contribution is 6.36. The van der Waals surface area contributed by atoms with Gasteiger partial charge in [-0.25, -0.2) is 0 Å². The van der Waals surface area contributed by atoms with Crippen LogP contribution in [0.1, 0.15) is 18.0 Å². The van der Waals surface area contributed by atoms with Crippen LogP contribution >= 0.6 is 23.2 Å². The van der Waals surface area contributed by atoms with Crippen molar-refractivity contribution >= 4 is 23.2 Å². The molecule has 0 radical (unpaired) electrons. The summed E-state index contributed by atoms with van der Waals surface area (Å²) >= 11 is 12.4. The Labute approximate surface area is 106 Å². The molecule has 1 aliphatic rings. The molecule has 0 bridgehead atoms. The second-order valence-corrected chi connectivity index (χ2v) is 4.84. The Balaban J connectivity index is 2.32. The van der Waals surface area contributed by atoms with Crippen LogP contribution in [-0.2, 0) is 4.74 Å². The molecular weight excluding hydrogens is 245 g/mol. The van der Waals surface area contributed by atoms with Crippen molar-refractivity contribution in [1.82, 2.24) is 5.32 Å². The molecule has 1 fully saturated rings. The van der Waals surface area contributed by atoms with E-state index in [0.29, 0.717) is 5.92 Å². The van der Waals surface area contributed by atoms with Crippen molar-refractivity contribution in [3.63, 3.8) is 0 Å². The summed E-state index contributed by atoms with van der Waals surface area (Å²) in [5.74, 6) is 0.447. The van der Waals surface area contributed by atoms with E-state index in [1.807, 2.05) is 25.2 Å². The van der Waals surface area contributed by atoms with Gasteiger partial charge in [0.2, 0.25) is 0 Å². The third kappa shape index (κ3) is 2.35. The van der Waals surface area contributed by atoms with E-state index in [0.717, 1.165) is 35.2 Å². The molecule has 2 unspecified atom stereocenters. The molecule has 88 valence electrons. The number of rotatable bonds is 3. The van der Waals surface area contributed by atoms with E-state index in [1.165, 1.54) is 0 Å². The highest BCUT2D eigenvalue weighted by Gasteiger charge is 2.28. The highest BCUT2D eigenvalue weighted by atomic mass is 35.5. The van der Waals surface area contributed by atoms with Crippen LogP contribution in [0.3, 0.4) is 0 Å². The van der Waals surface area contributed by atoms with Crippen LogP contribution in [0.2, 0.25) is 10.0 Å². The highest BCUT2D eigenvalue weighted by Crippen LogP contribution is 2.36. The van der Waals surface area contributed by atoms with Crippen molar-refractivity contribution in [2.75, 3.05) is 20.3 Å². The molecule has 1 saturated heterocycles. The third-order valence-electron chi connectivity index (χ3n) is 3.06. The summed E-state index contributed by atoms with van der Waals surface area (Å²) in [6.07, 6.45) is 1.05. The Bertz CT molecular complexity index is 344. The normalized spacial score (nSPS) is 22.3. The molecule has 1 aliphatic heterocycles. The van der Waals surface area contributed by atoms with Gasteiger partial charge in [0.25, 0.3) is 0 Å². The fourth-order valence-electron chi connectivity index (χ4n) is 2.24. The molecule has 4 heteroatoms. The topological polar surface area (TPSA) is 21.3 Å². The molecule has 2 atom stereocenters. The summed E-state index contributed by atoms with van der Waals surface area (Å²) < 4.78 is 5.41. The summed E-state index contributed by atoms with van der Waals surface area (Å²) in [6, 6.07) is 5.79. The first-order chi connectivity index (χ1) is 7.74. The van der Waals surface area contributed by atoms with Crippen LogP contribution in [0, 0.1) is 5.92 Å². The lowest BCUT2D eigenvalue weighted by Gasteiger charge is -2.24. The van der Waals surface area contributed by atoms with E-state index >= 15 is 0 Å². The zero-order valence-electron chi connectivity index (χ0n) is 9.17. The number of hydrogen-bond acceptors (Lipinski definition) is 2. The molecule has 0 saturated carbocycles. The van der Waals surface area contributed by atoms with Crippen molar-refractivity contribution in [1.29, 1.82) is 0 Å². The van der Waals surface area contributed by atoms with E-state index in [1.54, 1.807) is 0 Å². The van der Waals surface area contributed by atoms with E-state index in [9.17, 15) is 0 Å². The Morgan fingerprint density at radius 2 is 2.06 bits per heavy atom. The fraction of sp³-hybridized carbons (Fsp3) is 0.500. The van der Waals surface area contributed by atoms with Gasteiger partial charge in [-0.1, -0.05) is 29.3 Å². The quantitative estimate of drug-likeness (QED) is 0.900. The predicted molar refractivity (Wildman–Crippen MR) is 67.2 cm³/mol. The first-order valence-corrected chi connectivity index (χ1v) is 6.18. The molecule has 2 nitrogen and oxygen atoms in total. The van der Waals surface area contributed by atoms with Crippen molar-refractivity contribution in [3.8, 4) is 0 Å². The van der Waals surface area contributed by atoms with Crippen LogP contribution < -0.4 is 5.32 Å². The maximum Gasteiger partial charge on any atom is 0.0513 e. The van der Waals surface area contributed by atoms with Gasteiger partial charge >= 0.3 is 0 Å². The fourth-order valence-corrected chi connectivity index (χ4v) is 2.87. The Morgan fingerprint density at radius 3 is 2.56 bits per heavy atom. The Morgan fingerprint density at radius 1 is 1.38 bits per heavy atom. The van der Waals surface area contributed by atoms with Gasteiger partial charge in [-0.05, 0) is 25.6 Å². The minimum Gasteiger partial charge on any atom is -0.381 e. The summed E-state index contributed by atoms with van der Waals surface area (Å²) in [5, 5.41) is 4.74. The molecular formula is C12H15Cl2NO. The van der Waals surface area contributed by atoms with E-state index in [2.05, 4.69) is 5.32 Å². The molecule has 2 rings (SSSR count). The molecule has 1 N–H and O–H groups in total. The first-order valence-electron chi connectivity index (χ1n) is 5.43. The summed E-state index contributed by atoms with van der Waals surface area (Å²) in [7, 11) is 1.93. The summed E-state index contributed by atoms with van der Waals surface area (Å²) in [4.78, 5) is 0. The van der Waals surface area contributed by atoms with E-state index < -0.39 is 0 Å². The average molecular weight is 260 g/mol. The largest absolute Gasteiger partial charge is 0.381 e. The number of halogens is 2. The molecule has 16 heavy (non-hydrogen) atoms. The van der Waals surface area contributed by atoms with Gasteiger partial charge in [-0.2, -0.15) is 0 Å². The van der Waals surface area contributed by atoms with Crippen molar-refractivity contribution in [2.24, 2.45) is 5.92 Å². The number of nitrogens with one attached hydrogen (secondary N) is 1. The second-order valence-electron chi connectivity index (χ2n) is 4.03. The molecule has 1 aromatic carbocycles. The monoisotopic (exact) mass is 259 g/mol. The van der Waals surface area contributed by atoms with Gasteiger partial charge in [-0.3, -0.25) is 0 Å². The van der Waals surface area contributed by atoms with Crippen molar-refractivity contribution in [3.05, 3.63) is 33.8 Å². The van der Waals surface area contributed by atoms with Crippen molar-refractivity contribution < 1.29 is 4.74 Å². The zero-order chi connectivity index (χ0) is 11.5. The van der Waals surface area contributed by atoms with Gasteiger partial charge in [0, 0.05) is 34.2 Å². The number of hydrogen-bond donors (Lipinski definition) is 1. The third-order valence-corrected chi connectivity index (χ3v) is 3.72. The zero-order valence-corrected chi connectivity index (χ0v) is 10.7. The minimum atomic E-state index is 0.170. The van der Waals surface area contributed by atoms with Gasteiger partial charge in [0.05, 0.1) is 6.61 Å². The number of benzene rings is 1. The SMILES string of the molecule is CNC(c1c(Cl)cccc1Cl)C1CCOC1. The molecule has 1 aromatic rings. The molecule has 0 amide bonds. The van der Waals surface area contributed by atoms with Crippen LogP contribution in [0.5, 0.6) is 0 Å². The maximum atomic E-state index is 6.22. The van der Waals surface area contributed by atoms with Gasteiger partial charge in [0.1, 0.15) is 0 Å². The average Bonchev–Trinajstić information content (AvgIpc) is 2.77. The Hall–Kier alpha value is -0.280. The van der Waals surface area contributed by atoms with Crippen molar-refractivity contribution in [2.45, 2.75) is 12.5 Å². The van der Waals surface area contributed by atoms with Gasteiger partial charge < -0.3 is 10.1 Å². The summed E-state index contributed by atoms with van der Waals surface area (Å²) in [6.45, 7) is 1.60. The standard InChI is InChI=1S/C12H15Cl2NO/c1-15-12(8-5-6-16-7-8)11-9(13)3-2-4-10(11)14/h2-4,8,12,15H,5-7H2,1H3. The van der Waals surface area contributed by atoms with Gasteiger partial charge in [0.15, 0.2) is 0 Å². The molecule has 0 aliphatic carbocycles. The maximum absolute atomic E-state index is 6.22. The van der Waals surface area contributed by atoms with Gasteiger partial charge in [-0.15, -0.1) is 0 Å². The van der Waals surface area contributed by atoms with Crippen LogP contribution in [0.25, 0.3) is 0 Å². The summed E-state index contributed by atoms with van der Waals surface area (Å²) in [5.41, 5.74) is 0.990. The lowest BCUT2D eigenvalue weighted by molar-refractivity contribution is 0.178. The van der Waals surface area contributed by atoms with Crippen LogP contribution in [0.4, 0.5) is 0 Å². The minimum absolute atomic E-state index is 0.170. The number of ether oxygens (including phenoxy) is 1. The van der Waals surface area contributed by atoms with Crippen LogP contribution in [-0.4, -0.2) is 20.3 Å². The Kier molecular flexibility index (Phi) is 4.09. The smallest absolute Gasteiger partial charge is 0.0513 e. The van der Waals surface area contributed by atoms with E-state index in [4.69, 9.17) is 27.9 Å². The first kappa shape index (κ1) is 12.2. The molecule has 0 aromatic heterocycles. The van der Waals surface area contributed by atoms with E-state index in [-0.39, 0.29) is 6.04 Å².